The number of nitrogens with zero attached hydrogens (tertiary/aromatic N) is 2. The first-order chi connectivity index (χ1) is 9.50. The molecule has 1 aliphatic rings. The summed E-state index contributed by atoms with van der Waals surface area (Å²) < 4.78 is 43.5. The Hall–Kier alpha value is -1.34. The number of hydrogen-bond donors (Lipinski definition) is 1. The minimum atomic E-state index is -4.36. The number of halogens is 3. The van der Waals surface area contributed by atoms with Crippen LogP contribution in [-0.4, -0.2) is 42.5 Å². The predicted octanol–water partition coefficient (Wildman–Crippen LogP) is 2.08. The van der Waals surface area contributed by atoms with E-state index in [0.717, 1.165) is 25.0 Å². The van der Waals surface area contributed by atoms with E-state index in [-0.39, 0.29) is 19.3 Å². The molecule has 0 radical (unpaired) electrons. The summed E-state index contributed by atoms with van der Waals surface area (Å²) in [7, 11) is 0. The summed E-state index contributed by atoms with van der Waals surface area (Å²) >= 11 is 0. The van der Waals surface area contributed by atoms with Gasteiger partial charge in [-0.1, -0.05) is 0 Å². The van der Waals surface area contributed by atoms with Gasteiger partial charge in [0, 0.05) is 19.3 Å². The molecule has 1 aliphatic heterocycles. The Morgan fingerprint density at radius 2 is 2.25 bits per heavy atom. The van der Waals surface area contributed by atoms with Crippen LogP contribution in [-0.2, 0) is 10.9 Å². The number of anilines is 1. The van der Waals surface area contributed by atoms with Gasteiger partial charge in [0.2, 0.25) is 0 Å². The van der Waals surface area contributed by atoms with E-state index in [1.807, 2.05) is 0 Å². The zero-order valence-corrected chi connectivity index (χ0v) is 10.9. The molecule has 0 saturated carbocycles. The molecule has 1 aromatic heterocycles. The van der Waals surface area contributed by atoms with Gasteiger partial charge in [-0.15, -0.1) is 0 Å². The molecule has 0 amide bonds. The number of rotatable bonds is 4. The molecule has 0 bridgehead atoms. The smallest absolute Gasteiger partial charge is 0.394 e. The molecule has 0 aromatic carbocycles. The monoisotopic (exact) mass is 290 g/mol. The van der Waals surface area contributed by atoms with E-state index in [1.54, 1.807) is 4.90 Å². The summed E-state index contributed by atoms with van der Waals surface area (Å²) in [4.78, 5) is 5.80. The molecule has 1 N–H and O–H groups in total. The Morgan fingerprint density at radius 1 is 1.45 bits per heavy atom. The molecule has 20 heavy (non-hydrogen) atoms. The highest BCUT2D eigenvalue weighted by Crippen LogP contribution is 2.31. The molecule has 1 aromatic rings. The third-order valence-corrected chi connectivity index (χ3v) is 3.22. The fourth-order valence-electron chi connectivity index (χ4n) is 2.27. The molecule has 1 fully saturated rings. The first kappa shape index (κ1) is 15.1. The summed E-state index contributed by atoms with van der Waals surface area (Å²) in [6.07, 6.45) is -1.59. The van der Waals surface area contributed by atoms with E-state index in [1.165, 1.54) is 6.20 Å². The van der Waals surface area contributed by atoms with Crippen molar-refractivity contribution >= 4 is 5.82 Å². The Kier molecular flexibility index (Phi) is 4.82. The second kappa shape index (κ2) is 6.41. The van der Waals surface area contributed by atoms with Gasteiger partial charge in [-0.3, -0.25) is 0 Å². The van der Waals surface area contributed by atoms with Crippen molar-refractivity contribution in [3.05, 3.63) is 23.9 Å². The van der Waals surface area contributed by atoms with Crippen LogP contribution in [0.25, 0.3) is 0 Å². The van der Waals surface area contributed by atoms with Gasteiger partial charge in [-0.05, 0) is 25.0 Å². The summed E-state index contributed by atoms with van der Waals surface area (Å²) in [5, 5.41) is 8.73. The van der Waals surface area contributed by atoms with Gasteiger partial charge in [0.25, 0.3) is 0 Å². The van der Waals surface area contributed by atoms with E-state index in [0.29, 0.717) is 18.9 Å². The molecule has 112 valence electrons. The number of pyridine rings is 1. The number of hydrogen-bond acceptors (Lipinski definition) is 4. The van der Waals surface area contributed by atoms with E-state index in [2.05, 4.69) is 4.98 Å². The SMILES string of the molecule is OCCO[C@@H]1CCCN(c2cc(C(F)(F)F)ccn2)C1. The highest BCUT2D eigenvalue weighted by molar-refractivity contribution is 5.42. The van der Waals surface area contributed by atoms with Gasteiger partial charge in [0.1, 0.15) is 5.82 Å². The highest BCUT2D eigenvalue weighted by atomic mass is 19.4. The van der Waals surface area contributed by atoms with Gasteiger partial charge in [0.15, 0.2) is 0 Å². The average molecular weight is 290 g/mol. The van der Waals surface area contributed by atoms with E-state index < -0.39 is 11.7 Å². The minimum absolute atomic E-state index is 0.0572. The number of aliphatic hydroxyl groups is 1. The summed E-state index contributed by atoms with van der Waals surface area (Å²) in [6.45, 7) is 1.34. The molecule has 0 unspecified atom stereocenters. The Labute approximate surface area is 115 Å². The van der Waals surface area contributed by atoms with Gasteiger partial charge in [-0.25, -0.2) is 4.98 Å². The molecular formula is C13H17F3N2O2. The quantitative estimate of drug-likeness (QED) is 0.922. The highest BCUT2D eigenvalue weighted by Gasteiger charge is 2.31. The maximum atomic E-state index is 12.7. The van der Waals surface area contributed by atoms with E-state index >= 15 is 0 Å². The predicted molar refractivity (Wildman–Crippen MR) is 67.5 cm³/mol. The molecule has 2 heterocycles. The van der Waals surface area contributed by atoms with Gasteiger partial charge >= 0.3 is 6.18 Å². The van der Waals surface area contributed by atoms with Crippen molar-refractivity contribution in [2.24, 2.45) is 0 Å². The van der Waals surface area contributed by atoms with Crippen molar-refractivity contribution in [3.63, 3.8) is 0 Å². The van der Waals surface area contributed by atoms with Crippen LogP contribution >= 0.6 is 0 Å². The molecule has 7 heteroatoms. The third-order valence-electron chi connectivity index (χ3n) is 3.22. The Morgan fingerprint density at radius 3 is 2.95 bits per heavy atom. The molecule has 1 atom stereocenters. The van der Waals surface area contributed by atoms with Crippen LogP contribution in [0.2, 0.25) is 0 Å². The number of ether oxygens (including phenoxy) is 1. The lowest BCUT2D eigenvalue weighted by atomic mass is 10.1. The Balaban J connectivity index is 2.07. The van der Waals surface area contributed by atoms with Crippen LogP contribution in [0, 0.1) is 0 Å². The topological polar surface area (TPSA) is 45.6 Å². The maximum Gasteiger partial charge on any atom is 0.416 e. The second-order valence-corrected chi connectivity index (χ2v) is 4.71. The fraction of sp³-hybridized carbons (Fsp3) is 0.615. The Bertz CT molecular complexity index is 440. The average Bonchev–Trinajstić information content (AvgIpc) is 2.45. The van der Waals surface area contributed by atoms with Gasteiger partial charge in [0.05, 0.1) is 24.9 Å². The van der Waals surface area contributed by atoms with Crippen molar-refractivity contribution < 1.29 is 23.0 Å². The van der Waals surface area contributed by atoms with Crippen molar-refractivity contribution in [1.82, 2.24) is 4.98 Å². The van der Waals surface area contributed by atoms with Crippen LogP contribution in [0.1, 0.15) is 18.4 Å². The molecule has 1 saturated heterocycles. The van der Waals surface area contributed by atoms with Crippen molar-refractivity contribution in [3.8, 4) is 0 Å². The first-order valence-corrected chi connectivity index (χ1v) is 6.51. The number of aromatic nitrogens is 1. The van der Waals surface area contributed by atoms with Crippen LogP contribution in [0.3, 0.4) is 0 Å². The van der Waals surface area contributed by atoms with Crippen molar-refractivity contribution in [2.45, 2.75) is 25.1 Å². The lowest BCUT2D eigenvalue weighted by Crippen LogP contribution is -2.40. The molecule has 4 nitrogen and oxygen atoms in total. The van der Waals surface area contributed by atoms with Crippen LogP contribution < -0.4 is 4.90 Å². The number of alkyl halides is 3. The summed E-state index contributed by atoms with van der Waals surface area (Å²) in [5.74, 6) is 0.317. The lowest BCUT2D eigenvalue weighted by molar-refractivity contribution is -0.137. The number of aliphatic hydroxyl groups excluding tert-OH is 1. The fourth-order valence-corrected chi connectivity index (χ4v) is 2.27. The third kappa shape index (κ3) is 3.83. The first-order valence-electron chi connectivity index (χ1n) is 6.51. The summed E-state index contributed by atoms with van der Waals surface area (Å²) in [5.41, 5.74) is -0.694. The van der Waals surface area contributed by atoms with Gasteiger partial charge < -0.3 is 14.7 Å². The standard InChI is InChI=1S/C13H17F3N2O2/c14-13(15,16)10-3-4-17-12(8-10)18-5-1-2-11(9-18)20-7-6-19/h3-4,8,11,19H,1-2,5-7,9H2/t11-/m1/s1. The molecule has 0 aliphatic carbocycles. The van der Waals surface area contributed by atoms with Crippen LogP contribution in [0.15, 0.2) is 18.3 Å². The molecule has 0 spiro atoms. The summed E-state index contributed by atoms with van der Waals surface area (Å²) in [6, 6.07) is 2.03. The largest absolute Gasteiger partial charge is 0.416 e. The van der Waals surface area contributed by atoms with Crippen LogP contribution in [0.4, 0.5) is 19.0 Å². The van der Waals surface area contributed by atoms with Crippen LogP contribution in [0.5, 0.6) is 0 Å². The molecular weight excluding hydrogens is 273 g/mol. The maximum absolute atomic E-state index is 12.7. The number of piperidine rings is 1. The normalized spacial score (nSPS) is 20.2. The lowest BCUT2D eigenvalue weighted by Gasteiger charge is -2.33. The zero-order chi connectivity index (χ0) is 14.6. The minimum Gasteiger partial charge on any atom is -0.394 e. The van der Waals surface area contributed by atoms with E-state index in [9.17, 15) is 13.2 Å². The second-order valence-electron chi connectivity index (χ2n) is 4.71. The van der Waals surface area contributed by atoms with E-state index in [4.69, 9.17) is 9.84 Å². The zero-order valence-electron chi connectivity index (χ0n) is 10.9. The molecule has 2 rings (SSSR count). The van der Waals surface area contributed by atoms with Crippen molar-refractivity contribution in [1.29, 1.82) is 0 Å². The van der Waals surface area contributed by atoms with Crippen molar-refractivity contribution in [2.75, 3.05) is 31.2 Å². The van der Waals surface area contributed by atoms with Gasteiger partial charge in [-0.2, -0.15) is 13.2 Å².